The van der Waals surface area contributed by atoms with Crippen LogP contribution in [0.2, 0.25) is 0 Å². The second-order valence-corrected chi connectivity index (χ2v) is 4.18. The summed E-state index contributed by atoms with van der Waals surface area (Å²) in [5.74, 6) is 2.52. The molecule has 0 N–H and O–H groups in total. The molecule has 0 bridgehead atoms. The van der Waals surface area contributed by atoms with E-state index in [1.807, 2.05) is 11.8 Å². The summed E-state index contributed by atoms with van der Waals surface area (Å²) in [5.41, 5.74) is 4.52. The van der Waals surface area contributed by atoms with Gasteiger partial charge in [0.2, 0.25) is 0 Å². The number of hydrogen-bond acceptors (Lipinski definition) is 1. The van der Waals surface area contributed by atoms with E-state index >= 15 is 0 Å². The second-order valence-electron chi connectivity index (χ2n) is 3.07. The van der Waals surface area contributed by atoms with E-state index in [-0.39, 0.29) is 0 Å². The first kappa shape index (κ1) is 7.23. The third kappa shape index (κ3) is 1.43. The van der Waals surface area contributed by atoms with Gasteiger partial charge >= 0.3 is 0 Å². The maximum Gasteiger partial charge on any atom is 0.0187 e. The summed E-state index contributed by atoms with van der Waals surface area (Å²) >= 11 is 2.04. The third-order valence-corrected chi connectivity index (χ3v) is 3.14. The van der Waals surface area contributed by atoms with Crippen LogP contribution in [0.15, 0.2) is 18.2 Å². The van der Waals surface area contributed by atoms with Gasteiger partial charge in [-0.05, 0) is 30.2 Å². The van der Waals surface area contributed by atoms with Crippen molar-refractivity contribution in [3.8, 4) is 0 Å². The molecule has 0 aromatic heterocycles. The maximum absolute atomic E-state index is 2.33. The minimum absolute atomic E-state index is 1.22. The Kier molecular flexibility index (Phi) is 1.91. The van der Waals surface area contributed by atoms with Crippen molar-refractivity contribution in [3.05, 3.63) is 34.9 Å². The van der Waals surface area contributed by atoms with Crippen LogP contribution in [0.25, 0.3) is 0 Å². The fourth-order valence-corrected chi connectivity index (χ4v) is 2.50. The first-order valence-corrected chi connectivity index (χ1v) is 5.18. The zero-order valence-corrected chi connectivity index (χ0v) is 7.58. The highest BCUT2D eigenvalue weighted by atomic mass is 32.2. The molecule has 0 radical (unpaired) electrons. The van der Waals surface area contributed by atoms with Gasteiger partial charge in [-0.2, -0.15) is 11.8 Å². The minimum atomic E-state index is 1.22. The van der Waals surface area contributed by atoms with Crippen LogP contribution < -0.4 is 0 Å². The number of hydrogen-bond donors (Lipinski definition) is 0. The predicted octanol–water partition coefficient (Wildman–Crippen LogP) is 2.78. The van der Waals surface area contributed by atoms with Crippen LogP contribution in [-0.2, 0) is 12.2 Å². The van der Waals surface area contributed by atoms with Crippen LogP contribution in [0.5, 0.6) is 0 Å². The van der Waals surface area contributed by atoms with Gasteiger partial charge in [0, 0.05) is 5.75 Å². The van der Waals surface area contributed by atoms with E-state index in [9.17, 15) is 0 Å². The van der Waals surface area contributed by atoms with E-state index < -0.39 is 0 Å². The van der Waals surface area contributed by atoms with Crippen molar-refractivity contribution in [2.45, 2.75) is 19.1 Å². The van der Waals surface area contributed by atoms with Crippen molar-refractivity contribution < 1.29 is 0 Å². The largest absolute Gasteiger partial charge is 0.157 e. The van der Waals surface area contributed by atoms with Gasteiger partial charge in [0.25, 0.3) is 0 Å². The Bertz CT molecular complexity index is 266. The average Bonchev–Trinajstić information content (AvgIpc) is 2.04. The highest BCUT2D eigenvalue weighted by molar-refractivity contribution is 7.98. The molecule has 1 aliphatic rings. The highest BCUT2D eigenvalue weighted by Gasteiger charge is 2.07. The van der Waals surface area contributed by atoms with Gasteiger partial charge in [0.15, 0.2) is 0 Å². The molecule has 1 aliphatic heterocycles. The highest BCUT2D eigenvalue weighted by Crippen LogP contribution is 2.24. The lowest BCUT2D eigenvalue weighted by atomic mass is 10.0. The van der Waals surface area contributed by atoms with E-state index in [1.54, 1.807) is 11.1 Å². The van der Waals surface area contributed by atoms with E-state index in [0.29, 0.717) is 0 Å². The van der Waals surface area contributed by atoms with Crippen molar-refractivity contribution in [1.29, 1.82) is 0 Å². The van der Waals surface area contributed by atoms with Crippen LogP contribution in [0.1, 0.15) is 16.7 Å². The zero-order valence-electron chi connectivity index (χ0n) is 6.76. The Balaban J connectivity index is 2.43. The summed E-state index contributed by atoms with van der Waals surface area (Å²) in [6.07, 6.45) is 1.27. The lowest BCUT2D eigenvalue weighted by Crippen LogP contribution is -2.01. The monoisotopic (exact) mass is 164 g/mol. The molecule has 0 saturated carbocycles. The summed E-state index contributed by atoms with van der Waals surface area (Å²) < 4.78 is 0. The van der Waals surface area contributed by atoms with Crippen LogP contribution >= 0.6 is 11.8 Å². The van der Waals surface area contributed by atoms with Crippen LogP contribution in [0.4, 0.5) is 0 Å². The molecule has 2 rings (SSSR count). The zero-order chi connectivity index (χ0) is 7.68. The van der Waals surface area contributed by atoms with Crippen molar-refractivity contribution in [2.75, 3.05) is 5.75 Å². The fourth-order valence-electron chi connectivity index (χ4n) is 1.49. The predicted molar refractivity (Wildman–Crippen MR) is 51.0 cm³/mol. The van der Waals surface area contributed by atoms with Crippen molar-refractivity contribution >= 4 is 11.8 Å². The molecule has 0 saturated heterocycles. The Morgan fingerprint density at radius 1 is 1.27 bits per heavy atom. The van der Waals surface area contributed by atoms with Gasteiger partial charge in [0.05, 0.1) is 0 Å². The molecule has 1 aromatic carbocycles. The lowest BCUT2D eigenvalue weighted by molar-refractivity contribution is 1.08. The quantitative estimate of drug-likeness (QED) is 0.568. The van der Waals surface area contributed by atoms with Crippen molar-refractivity contribution in [3.63, 3.8) is 0 Å². The minimum Gasteiger partial charge on any atom is -0.157 e. The summed E-state index contributed by atoms with van der Waals surface area (Å²) in [6, 6.07) is 6.82. The topological polar surface area (TPSA) is 0 Å². The SMILES string of the molecule is Cc1ccc2c(c1)CCSC2. The summed E-state index contributed by atoms with van der Waals surface area (Å²) in [7, 11) is 0. The molecule has 1 heterocycles. The standard InChI is InChI=1S/C10H12S/c1-8-2-3-10-7-11-5-4-9(10)6-8/h2-3,6H,4-5,7H2,1H3. The average molecular weight is 164 g/mol. The molecule has 1 aromatic rings. The number of fused-ring (bicyclic) bond motifs is 1. The molecule has 0 spiro atoms. The third-order valence-electron chi connectivity index (χ3n) is 2.14. The van der Waals surface area contributed by atoms with Crippen LogP contribution in [-0.4, -0.2) is 5.75 Å². The van der Waals surface area contributed by atoms with Crippen molar-refractivity contribution in [2.24, 2.45) is 0 Å². The van der Waals surface area contributed by atoms with E-state index in [1.165, 1.54) is 23.5 Å². The number of rotatable bonds is 0. The number of aryl methyl sites for hydroxylation is 2. The van der Waals surface area contributed by atoms with Gasteiger partial charge in [-0.15, -0.1) is 0 Å². The van der Waals surface area contributed by atoms with Gasteiger partial charge in [-0.1, -0.05) is 23.8 Å². The summed E-state index contributed by atoms with van der Waals surface area (Å²) in [5, 5.41) is 0. The molecule has 0 aliphatic carbocycles. The molecule has 0 unspecified atom stereocenters. The first-order chi connectivity index (χ1) is 5.36. The Morgan fingerprint density at radius 2 is 2.18 bits per heavy atom. The second kappa shape index (κ2) is 2.90. The molecule has 0 nitrogen and oxygen atoms in total. The molecule has 0 fully saturated rings. The Morgan fingerprint density at radius 3 is 3.09 bits per heavy atom. The van der Waals surface area contributed by atoms with Crippen LogP contribution in [0.3, 0.4) is 0 Å². The molecule has 11 heavy (non-hydrogen) atoms. The molecular weight excluding hydrogens is 152 g/mol. The van der Waals surface area contributed by atoms with Gasteiger partial charge in [-0.25, -0.2) is 0 Å². The maximum atomic E-state index is 2.33. The molecule has 58 valence electrons. The first-order valence-electron chi connectivity index (χ1n) is 4.02. The Labute approximate surface area is 72.0 Å². The van der Waals surface area contributed by atoms with Crippen molar-refractivity contribution in [1.82, 2.24) is 0 Å². The molecule has 0 atom stereocenters. The number of thioether (sulfide) groups is 1. The molecular formula is C10H12S. The van der Waals surface area contributed by atoms with Gasteiger partial charge in [-0.3, -0.25) is 0 Å². The Hall–Kier alpha value is -0.430. The van der Waals surface area contributed by atoms with E-state index in [2.05, 4.69) is 25.1 Å². The molecule has 1 heteroatoms. The normalized spacial score (nSPS) is 16.1. The number of benzene rings is 1. The van der Waals surface area contributed by atoms with Gasteiger partial charge in [0.1, 0.15) is 0 Å². The molecule has 0 amide bonds. The van der Waals surface area contributed by atoms with Gasteiger partial charge < -0.3 is 0 Å². The summed E-state index contributed by atoms with van der Waals surface area (Å²) in [6.45, 7) is 2.17. The van der Waals surface area contributed by atoms with E-state index in [0.717, 1.165) is 0 Å². The van der Waals surface area contributed by atoms with Crippen LogP contribution in [0, 0.1) is 6.92 Å². The summed E-state index contributed by atoms with van der Waals surface area (Å²) in [4.78, 5) is 0. The smallest absolute Gasteiger partial charge is 0.0187 e. The fraction of sp³-hybridized carbons (Fsp3) is 0.400. The lowest BCUT2D eigenvalue weighted by Gasteiger charge is -2.15. The van der Waals surface area contributed by atoms with E-state index in [4.69, 9.17) is 0 Å².